The van der Waals surface area contributed by atoms with Crippen LogP contribution in [0, 0.1) is 0 Å². The molecule has 2 atom stereocenters. The van der Waals surface area contributed by atoms with E-state index in [1.165, 1.54) is 0 Å². The molecule has 2 nitrogen and oxygen atoms in total. The predicted molar refractivity (Wildman–Crippen MR) is 47.5 cm³/mol. The second kappa shape index (κ2) is 2.46. The number of dihydropyridines is 2. The molecular formula is C9H10N2. The molecule has 2 rings (SSSR count). The molecule has 2 heterocycles. The molecule has 56 valence electrons. The van der Waals surface area contributed by atoms with Crippen molar-refractivity contribution >= 4 is 11.9 Å². The number of nitrogens with zero attached hydrogens (tertiary/aromatic N) is 2. The summed E-state index contributed by atoms with van der Waals surface area (Å²) in [6.45, 7) is 2.01. The van der Waals surface area contributed by atoms with E-state index in [1.54, 1.807) is 0 Å². The van der Waals surface area contributed by atoms with Crippen molar-refractivity contribution < 1.29 is 0 Å². The van der Waals surface area contributed by atoms with Gasteiger partial charge in [0.25, 0.3) is 0 Å². The zero-order valence-corrected chi connectivity index (χ0v) is 6.44. The Balaban J connectivity index is 2.29. The molecule has 2 heteroatoms. The average Bonchev–Trinajstić information content (AvgIpc) is 2.04. The summed E-state index contributed by atoms with van der Waals surface area (Å²) in [5.41, 5.74) is 1.09. The molecule has 0 spiro atoms. The Morgan fingerprint density at radius 1 is 1.27 bits per heavy atom. The lowest BCUT2D eigenvalue weighted by Crippen LogP contribution is -2.24. The van der Waals surface area contributed by atoms with E-state index < -0.39 is 0 Å². The summed E-state index contributed by atoms with van der Waals surface area (Å²) in [5.74, 6) is 0. The molecule has 0 saturated heterocycles. The van der Waals surface area contributed by atoms with Gasteiger partial charge in [0.2, 0.25) is 0 Å². The Kier molecular flexibility index (Phi) is 1.46. The van der Waals surface area contributed by atoms with Crippen LogP contribution >= 0.6 is 0 Å². The Bertz CT molecular complexity index is 271. The van der Waals surface area contributed by atoms with Crippen LogP contribution in [0.1, 0.15) is 6.92 Å². The summed E-state index contributed by atoms with van der Waals surface area (Å²) in [6.07, 6.45) is 10.0. The van der Waals surface area contributed by atoms with Crippen molar-refractivity contribution in [2.24, 2.45) is 9.98 Å². The number of hydrogen-bond donors (Lipinski definition) is 0. The number of fused-ring (bicyclic) bond motifs is 1. The van der Waals surface area contributed by atoms with Crippen LogP contribution in [0.2, 0.25) is 0 Å². The van der Waals surface area contributed by atoms with E-state index in [0.717, 1.165) is 5.71 Å². The zero-order valence-electron chi connectivity index (χ0n) is 6.44. The molecule has 0 aliphatic carbocycles. The van der Waals surface area contributed by atoms with E-state index in [-0.39, 0.29) is 12.1 Å². The van der Waals surface area contributed by atoms with Crippen LogP contribution in [0.3, 0.4) is 0 Å². The van der Waals surface area contributed by atoms with Gasteiger partial charge in [-0.25, -0.2) is 0 Å². The maximum Gasteiger partial charge on any atom is 0.0945 e. The van der Waals surface area contributed by atoms with Crippen LogP contribution in [0.5, 0.6) is 0 Å². The van der Waals surface area contributed by atoms with E-state index >= 15 is 0 Å². The third-order valence-electron chi connectivity index (χ3n) is 1.89. The van der Waals surface area contributed by atoms with E-state index in [1.807, 2.05) is 25.3 Å². The maximum absolute atomic E-state index is 4.43. The van der Waals surface area contributed by atoms with Crippen molar-refractivity contribution in [1.82, 2.24) is 0 Å². The summed E-state index contributed by atoms with van der Waals surface area (Å²) in [6, 6.07) is 0.508. The van der Waals surface area contributed by atoms with Gasteiger partial charge in [0, 0.05) is 11.9 Å². The first-order valence-corrected chi connectivity index (χ1v) is 3.79. The van der Waals surface area contributed by atoms with Crippen molar-refractivity contribution in [3.8, 4) is 0 Å². The number of allylic oxidation sites excluding steroid dienone is 2. The third kappa shape index (κ3) is 1.16. The standard InChI is InChI=1S/C9H10N2/c1-7-4-5-8-9(11-7)3-2-6-10-8/h2-6,8-9H,1H3. The largest absolute Gasteiger partial charge is 0.283 e. The SMILES string of the molecule is CC1=NC2C=CC=NC2C=C1. The lowest BCUT2D eigenvalue weighted by atomic mass is 10.0. The van der Waals surface area contributed by atoms with Crippen molar-refractivity contribution in [2.45, 2.75) is 19.0 Å². The fourth-order valence-corrected chi connectivity index (χ4v) is 1.31. The van der Waals surface area contributed by atoms with Gasteiger partial charge < -0.3 is 0 Å². The van der Waals surface area contributed by atoms with Gasteiger partial charge in [0.05, 0.1) is 12.1 Å². The highest BCUT2D eigenvalue weighted by Gasteiger charge is 2.18. The van der Waals surface area contributed by atoms with Crippen LogP contribution in [0.4, 0.5) is 0 Å². The lowest BCUT2D eigenvalue weighted by molar-refractivity contribution is 0.699. The van der Waals surface area contributed by atoms with Gasteiger partial charge in [-0.1, -0.05) is 12.2 Å². The molecular weight excluding hydrogens is 136 g/mol. The fraction of sp³-hybridized carbons (Fsp3) is 0.333. The first-order chi connectivity index (χ1) is 5.36. The summed E-state index contributed by atoms with van der Waals surface area (Å²) in [5, 5.41) is 0. The van der Waals surface area contributed by atoms with Crippen LogP contribution in [-0.2, 0) is 0 Å². The molecule has 0 radical (unpaired) electrons. The lowest BCUT2D eigenvalue weighted by Gasteiger charge is -2.20. The Labute approximate surface area is 66.1 Å². The number of hydrogen-bond acceptors (Lipinski definition) is 2. The average molecular weight is 146 g/mol. The first-order valence-electron chi connectivity index (χ1n) is 3.79. The van der Waals surface area contributed by atoms with E-state index in [2.05, 4.69) is 22.1 Å². The monoisotopic (exact) mass is 146 g/mol. The van der Waals surface area contributed by atoms with E-state index in [4.69, 9.17) is 0 Å². The number of aliphatic imine (C=N–C) groups is 2. The van der Waals surface area contributed by atoms with Gasteiger partial charge >= 0.3 is 0 Å². The second-order valence-electron chi connectivity index (χ2n) is 2.79. The van der Waals surface area contributed by atoms with Gasteiger partial charge in [-0.2, -0.15) is 0 Å². The minimum Gasteiger partial charge on any atom is -0.283 e. The van der Waals surface area contributed by atoms with Crippen LogP contribution in [-0.4, -0.2) is 24.0 Å². The first kappa shape index (κ1) is 6.53. The summed E-state index contributed by atoms with van der Waals surface area (Å²) in [7, 11) is 0. The molecule has 11 heavy (non-hydrogen) atoms. The molecule has 0 saturated carbocycles. The minimum absolute atomic E-state index is 0.253. The molecule has 0 N–H and O–H groups in total. The third-order valence-corrected chi connectivity index (χ3v) is 1.89. The van der Waals surface area contributed by atoms with Crippen molar-refractivity contribution in [1.29, 1.82) is 0 Å². The normalized spacial score (nSPS) is 33.4. The number of rotatable bonds is 0. The van der Waals surface area contributed by atoms with E-state index in [0.29, 0.717) is 0 Å². The van der Waals surface area contributed by atoms with E-state index in [9.17, 15) is 0 Å². The molecule has 0 amide bonds. The highest BCUT2D eigenvalue weighted by Crippen LogP contribution is 2.14. The van der Waals surface area contributed by atoms with Gasteiger partial charge in [-0.05, 0) is 19.1 Å². The fourth-order valence-electron chi connectivity index (χ4n) is 1.31. The van der Waals surface area contributed by atoms with Gasteiger partial charge in [-0.3, -0.25) is 9.98 Å². The van der Waals surface area contributed by atoms with Crippen LogP contribution < -0.4 is 0 Å². The maximum atomic E-state index is 4.43. The summed E-state index contributed by atoms with van der Waals surface area (Å²) in [4.78, 5) is 8.71. The minimum atomic E-state index is 0.253. The quantitative estimate of drug-likeness (QED) is 0.493. The van der Waals surface area contributed by atoms with Gasteiger partial charge in [0.15, 0.2) is 0 Å². The smallest absolute Gasteiger partial charge is 0.0945 e. The van der Waals surface area contributed by atoms with Crippen LogP contribution in [0.25, 0.3) is 0 Å². The predicted octanol–water partition coefficient (Wildman–Crippen LogP) is 1.39. The molecule has 0 aromatic heterocycles. The highest BCUT2D eigenvalue weighted by atomic mass is 14.9. The van der Waals surface area contributed by atoms with Gasteiger partial charge in [0.1, 0.15) is 0 Å². The molecule has 2 aliphatic heterocycles. The van der Waals surface area contributed by atoms with Crippen molar-refractivity contribution in [2.75, 3.05) is 0 Å². The Hall–Kier alpha value is -1.18. The molecule has 0 bridgehead atoms. The second-order valence-corrected chi connectivity index (χ2v) is 2.79. The molecule has 0 aromatic rings. The van der Waals surface area contributed by atoms with Crippen molar-refractivity contribution in [3.63, 3.8) is 0 Å². The molecule has 2 aliphatic rings. The van der Waals surface area contributed by atoms with Crippen molar-refractivity contribution in [3.05, 3.63) is 24.3 Å². The molecule has 0 fully saturated rings. The highest BCUT2D eigenvalue weighted by molar-refractivity contribution is 5.94. The Morgan fingerprint density at radius 2 is 2.18 bits per heavy atom. The topological polar surface area (TPSA) is 24.7 Å². The van der Waals surface area contributed by atoms with Gasteiger partial charge in [-0.15, -0.1) is 0 Å². The van der Waals surface area contributed by atoms with Crippen LogP contribution in [0.15, 0.2) is 34.3 Å². The molecule has 2 unspecified atom stereocenters. The molecule has 0 aromatic carbocycles. The summed E-state index contributed by atoms with van der Waals surface area (Å²) >= 11 is 0. The summed E-state index contributed by atoms with van der Waals surface area (Å²) < 4.78 is 0. The zero-order chi connectivity index (χ0) is 7.68. The Morgan fingerprint density at radius 3 is 3.09 bits per heavy atom.